The number of carbonyl (C=O) groups is 1. The van der Waals surface area contributed by atoms with Gasteiger partial charge in [-0.15, -0.1) is 11.3 Å². The van der Waals surface area contributed by atoms with E-state index >= 15 is 0 Å². The molecule has 20 heavy (non-hydrogen) atoms. The molecule has 0 aliphatic rings. The normalized spacial score (nSPS) is 10.8. The summed E-state index contributed by atoms with van der Waals surface area (Å²) in [6, 6.07) is 5.76. The molecule has 0 saturated carbocycles. The quantitative estimate of drug-likeness (QED) is 0.874. The molecule has 2 aromatic rings. The van der Waals surface area contributed by atoms with Crippen LogP contribution in [0.3, 0.4) is 0 Å². The zero-order chi connectivity index (χ0) is 14.9. The number of anilines is 1. The Kier molecular flexibility index (Phi) is 4.21. The highest BCUT2D eigenvalue weighted by atomic mass is 32.1. The number of rotatable bonds is 3. The monoisotopic (exact) mass is 305 g/mol. The third kappa shape index (κ3) is 2.60. The standard InChI is InChI=1S/C14H15N3OS2/c1-8(2)17(12(18)6-7-15)11-5-4-10-13(9(11)3)20-14(19)16-10/h4-5,8H,6H2,1-3H3,(H,16,19). The van der Waals surface area contributed by atoms with Gasteiger partial charge in [-0.2, -0.15) is 5.26 Å². The van der Waals surface area contributed by atoms with E-state index in [0.29, 0.717) is 0 Å². The van der Waals surface area contributed by atoms with Crippen molar-refractivity contribution in [3.8, 4) is 6.07 Å². The van der Waals surface area contributed by atoms with Crippen LogP contribution in [0.4, 0.5) is 5.69 Å². The van der Waals surface area contributed by atoms with Crippen molar-refractivity contribution in [3.63, 3.8) is 0 Å². The van der Waals surface area contributed by atoms with Crippen molar-refractivity contribution >= 4 is 45.4 Å². The molecule has 1 aromatic heterocycles. The fourth-order valence-electron chi connectivity index (χ4n) is 2.25. The molecule has 1 aromatic carbocycles. The van der Waals surface area contributed by atoms with Crippen LogP contribution in [0.1, 0.15) is 25.8 Å². The van der Waals surface area contributed by atoms with Gasteiger partial charge >= 0.3 is 0 Å². The Balaban J connectivity index is 2.59. The second-order valence-electron chi connectivity index (χ2n) is 4.79. The molecule has 1 amide bonds. The molecule has 0 radical (unpaired) electrons. The molecular weight excluding hydrogens is 290 g/mol. The zero-order valence-corrected chi connectivity index (χ0v) is 13.2. The number of aryl methyl sites for hydroxylation is 1. The summed E-state index contributed by atoms with van der Waals surface area (Å²) < 4.78 is 1.78. The molecule has 104 valence electrons. The first-order chi connectivity index (χ1) is 9.45. The molecule has 0 unspecified atom stereocenters. The number of thiazole rings is 1. The third-order valence-electron chi connectivity index (χ3n) is 3.08. The van der Waals surface area contributed by atoms with Gasteiger partial charge in [0, 0.05) is 11.7 Å². The Labute approximate surface area is 126 Å². The molecule has 4 nitrogen and oxygen atoms in total. The van der Waals surface area contributed by atoms with Crippen LogP contribution in [-0.2, 0) is 4.79 Å². The van der Waals surface area contributed by atoms with Crippen LogP contribution in [0.25, 0.3) is 10.2 Å². The van der Waals surface area contributed by atoms with E-state index in [0.717, 1.165) is 25.4 Å². The lowest BCUT2D eigenvalue weighted by Crippen LogP contribution is -2.37. The first-order valence-electron chi connectivity index (χ1n) is 6.27. The number of amides is 1. The minimum absolute atomic E-state index is 0.00101. The topological polar surface area (TPSA) is 59.9 Å². The number of benzene rings is 1. The highest BCUT2D eigenvalue weighted by Gasteiger charge is 2.21. The van der Waals surface area contributed by atoms with Gasteiger partial charge in [0.05, 0.1) is 16.3 Å². The Morgan fingerprint density at radius 1 is 1.55 bits per heavy atom. The SMILES string of the molecule is Cc1c(N(C(=O)CC#N)C(C)C)ccc2[nH]c(=S)sc12. The van der Waals surface area contributed by atoms with Crippen molar-refractivity contribution in [1.82, 2.24) is 4.98 Å². The van der Waals surface area contributed by atoms with E-state index in [1.807, 2.05) is 39.0 Å². The van der Waals surface area contributed by atoms with Crippen LogP contribution in [0.15, 0.2) is 12.1 Å². The van der Waals surface area contributed by atoms with Gasteiger partial charge in [-0.05, 0) is 50.7 Å². The van der Waals surface area contributed by atoms with Gasteiger partial charge in [0.15, 0.2) is 3.95 Å². The molecule has 0 saturated heterocycles. The van der Waals surface area contributed by atoms with E-state index in [2.05, 4.69) is 4.98 Å². The Bertz CT molecular complexity index is 752. The van der Waals surface area contributed by atoms with Crippen molar-refractivity contribution in [1.29, 1.82) is 5.26 Å². The summed E-state index contributed by atoms with van der Waals surface area (Å²) in [6.07, 6.45) is -0.113. The van der Waals surface area contributed by atoms with Gasteiger partial charge in [-0.3, -0.25) is 4.79 Å². The summed E-state index contributed by atoms with van der Waals surface area (Å²) >= 11 is 6.67. The molecule has 0 fully saturated rings. The number of aromatic nitrogens is 1. The maximum Gasteiger partial charge on any atom is 0.241 e. The van der Waals surface area contributed by atoms with Crippen LogP contribution in [0.2, 0.25) is 0 Å². The van der Waals surface area contributed by atoms with Crippen LogP contribution in [0.5, 0.6) is 0 Å². The van der Waals surface area contributed by atoms with Gasteiger partial charge in [0.1, 0.15) is 6.42 Å². The summed E-state index contributed by atoms with van der Waals surface area (Å²) in [7, 11) is 0. The number of nitrogens with zero attached hydrogens (tertiary/aromatic N) is 2. The van der Waals surface area contributed by atoms with Crippen molar-refractivity contribution < 1.29 is 4.79 Å². The van der Waals surface area contributed by atoms with Crippen LogP contribution >= 0.6 is 23.6 Å². The van der Waals surface area contributed by atoms with Gasteiger partial charge < -0.3 is 9.88 Å². The molecule has 0 spiro atoms. The second-order valence-corrected chi connectivity index (χ2v) is 6.48. The molecule has 1 heterocycles. The molecule has 0 bridgehead atoms. The lowest BCUT2D eigenvalue weighted by molar-refractivity contribution is -0.118. The van der Waals surface area contributed by atoms with E-state index < -0.39 is 0 Å². The fourth-order valence-corrected chi connectivity index (χ4v) is 3.45. The Hall–Kier alpha value is -1.71. The van der Waals surface area contributed by atoms with E-state index in [4.69, 9.17) is 17.5 Å². The highest BCUT2D eigenvalue weighted by molar-refractivity contribution is 7.73. The maximum absolute atomic E-state index is 12.2. The first-order valence-corrected chi connectivity index (χ1v) is 7.49. The predicted octanol–water partition coefficient (Wildman–Crippen LogP) is 3.92. The van der Waals surface area contributed by atoms with Crippen LogP contribution in [0, 0.1) is 22.2 Å². The minimum Gasteiger partial charge on any atom is -0.337 e. The van der Waals surface area contributed by atoms with Gasteiger partial charge in [0.2, 0.25) is 5.91 Å². The smallest absolute Gasteiger partial charge is 0.241 e. The summed E-state index contributed by atoms with van der Waals surface area (Å²) in [5.41, 5.74) is 2.84. The summed E-state index contributed by atoms with van der Waals surface area (Å²) in [5, 5.41) is 8.74. The first kappa shape index (κ1) is 14.7. The van der Waals surface area contributed by atoms with Crippen LogP contribution in [-0.4, -0.2) is 16.9 Å². The third-order valence-corrected chi connectivity index (χ3v) is 4.45. The number of fused-ring (bicyclic) bond motifs is 1. The van der Waals surface area contributed by atoms with E-state index in [1.54, 1.807) is 4.90 Å². The molecule has 6 heteroatoms. The largest absolute Gasteiger partial charge is 0.337 e. The number of nitrogens with one attached hydrogen (secondary N) is 1. The summed E-state index contributed by atoms with van der Waals surface area (Å²) in [4.78, 5) is 17.0. The number of nitriles is 1. The minimum atomic E-state index is -0.177. The molecule has 0 aliphatic carbocycles. The summed E-state index contributed by atoms with van der Waals surface area (Å²) in [5.74, 6) is -0.177. The number of carbonyl (C=O) groups excluding carboxylic acids is 1. The molecule has 0 atom stereocenters. The second kappa shape index (κ2) is 5.73. The molecule has 1 N–H and O–H groups in total. The van der Waals surface area contributed by atoms with Crippen LogP contribution < -0.4 is 4.90 Å². The average molecular weight is 305 g/mol. The van der Waals surface area contributed by atoms with Gasteiger partial charge in [-0.1, -0.05) is 0 Å². The number of aromatic amines is 1. The molecular formula is C14H15N3OS2. The zero-order valence-electron chi connectivity index (χ0n) is 11.6. The van der Waals surface area contributed by atoms with Crippen molar-refractivity contribution in [3.05, 3.63) is 21.7 Å². The number of hydrogen-bond donors (Lipinski definition) is 1. The molecule has 0 aliphatic heterocycles. The lowest BCUT2D eigenvalue weighted by atomic mass is 10.1. The number of H-pyrrole nitrogens is 1. The van der Waals surface area contributed by atoms with Gasteiger partial charge in [0.25, 0.3) is 0 Å². The van der Waals surface area contributed by atoms with Crippen molar-refractivity contribution in [2.45, 2.75) is 33.2 Å². The average Bonchev–Trinajstić information content (AvgIpc) is 2.74. The lowest BCUT2D eigenvalue weighted by Gasteiger charge is -2.27. The molecule has 2 rings (SSSR count). The predicted molar refractivity (Wildman–Crippen MR) is 84.6 cm³/mol. The summed E-state index contributed by atoms with van der Waals surface area (Å²) in [6.45, 7) is 5.86. The van der Waals surface area contributed by atoms with Crippen molar-refractivity contribution in [2.75, 3.05) is 4.90 Å². The van der Waals surface area contributed by atoms with E-state index in [1.165, 1.54) is 11.3 Å². The fraction of sp³-hybridized carbons (Fsp3) is 0.357. The van der Waals surface area contributed by atoms with Gasteiger partial charge in [-0.25, -0.2) is 0 Å². The highest BCUT2D eigenvalue weighted by Crippen LogP contribution is 2.32. The van der Waals surface area contributed by atoms with E-state index in [9.17, 15) is 4.79 Å². The van der Waals surface area contributed by atoms with Crippen molar-refractivity contribution in [2.24, 2.45) is 0 Å². The Morgan fingerprint density at radius 3 is 2.85 bits per heavy atom. The Morgan fingerprint density at radius 2 is 2.25 bits per heavy atom. The number of hydrogen-bond acceptors (Lipinski definition) is 4. The maximum atomic E-state index is 12.2. The van der Waals surface area contributed by atoms with E-state index in [-0.39, 0.29) is 18.4 Å².